The van der Waals surface area contributed by atoms with Gasteiger partial charge in [0.1, 0.15) is 6.04 Å². The Morgan fingerprint density at radius 2 is 2.20 bits per heavy atom. The Bertz CT molecular complexity index is 552. The van der Waals surface area contributed by atoms with Crippen molar-refractivity contribution in [1.29, 1.82) is 0 Å². The van der Waals surface area contributed by atoms with Gasteiger partial charge in [-0.3, -0.25) is 14.9 Å². The van der Waals surface area contributed by atoms with E-state index in [1.54, 1.807) is 25.1 Å². The minimum absolute atomic E-state index is 0.0257. The van der Waals surface area contributed by atoms with Crippen LogP contribution in [0.25, 0.3) is 5.57 Å². The van der Waals surface area contributed by atoms with Crippen LogP contribution in [-0.2, 0) is 4.79 Å². The minimum Gasteiger partial charge on any atom is -0.480 e. The number of hydrogen-bond donors (Lipinski definition) is 2. The number of allylic oxidation sites excluding steroid dienone is 1. The molecular formula is C14H18N2O4. The molecule has 0 saturated heterocycles. The number of nitro benzene ring substituents is 1. The molecule has 1 aromatic rings. The molecule has 0 amide bonds. The van der Waals surface area contributed by atoms with Crippen molar-refractivity contribution in [2.45, 2.75) is 32.7 Å². The molecule has 6 nitrogen and oxygen atoms in total. The summed E-state index contributed by atoms with van der Waals surface area (Å²) in [4.78, 5) is 21.6. The summed E-state index contributed by atoms with van der Waals surface area (Å²) in [7, 11) is 0. The van der Waals surface area contributed by atoms with Crippen molar-refractivity contribution in [2.75, 3.05) is 0 Å². The number of benzene rings is 1. The van der Waals surface area contributed by atoms with Crippen LogP contribution in [0.5, 0.6) is 0 Å². The number of rotatable bonds is 6. The summed E-state index contributed by atoms with van der Waals surface area (Å²) in [6, 6.07) is 3.71. The van der Waals surface area contributed by atoms with Gasteiger partial charge in [0, 0.05) is 6.07 Å². The molecule has 0 bridgehead atoms. The Balaban J connectivity index is 3.32. The van der Waals surface area contributed by atoms with Gasteiger partial charge < -0.3 is 10.8 Å². The first-order chi connectivity index (χ1) is 9.38. The molecule has 0 radical (unpaired) electrons. The number of hydrogen-bond acceptors (Lipinski definition) is 4. The second kappa shape index (κ2) is 6.81. The monoisotopic (exact) mass is 278 g/mol. The van der Waals surface area contributed by atoms with E-state index in [9.17, 15) is 14.9 Å². The van der Waals surface area contributed by atoms with E-state index >= 15 is 0 Å². The summed E-state index contributed by atoms with van der Waals surface area (Å²) in [5, 5.41) is 20.0. The van der Waals surface area contributed by atoms with Crippen LogP contribution in [0.4, 0.5) is 5.69 Å². The van der Waals surface area contributed by atoms with E-state index in [0.29, 0.717) is 17.6 Å². The third kappa shape index (κ3) is 3.64. The summed E-state index contributed by atoms with van der Waals surface area (Å²) < 4.78 is 0. The van der Waals surface area contributed by atoms with Crippen LogP contribution in [0.3, 0.4) is 0 Å². The summed E-state index contributed by atoms with van der Waals surface area (Å²) in [5.74, 6) is -1.12. The SMILES string of the molecule is CC/C=C(/C[C@H](N)C(=O)O)c1c(C)cccc1[N+](=O)[O-]. The number of nitrogens with two attached hydrogens (primary N) is 1. The van der Waals surface area contributed by atoms with E-state index in [4.69, 9.17) is 10.8 Å². The van der Waals surface area contributed by atoms with Crippen LogP contribution >= 0.6 is 0 Å². The largest absolute Gasteiger partial charge is 0.480 e. The summed E-state index contributed by atoms with van der Waals surface area (Å²) in [6.07, 6.45) is 2.50. The molecule has 0 heterocycles. The number of aliphatic carboxylic acids is 1. The van der Waals surface area contributed by atoms with Crippen molar-refractivity contribution in [3.63, 3.8) is 0 Å². The lowest BCUT2D eigenvalue weighted by Gasteiger charge is -2.14. The quantitative estimate of drug-likeness (QED) is 0.614. The van der Waals surface area contributed by atoms with E-state index in [2.05, 4.69) is 0 Å². The van der Waals surface area contributed by atoms with E-state index < -0.39 is 16.9 Å². The highest BCUT2D eigenvalue weighted by atomic mass is 16.6. The van der Waals surface area contributed by atoms with Gasteiger partial charge in [-0.05, 0) is 30.9 Å². The fourth-order valence-corrected chi connectivity index (χ4v) is 2.08. The molecule has 1 aromatic carbocycles. The molecule has 6 heteroatoms. The van der Waals surface area contributed by atoms with Gasteiger partial charge >= 0.3 is 5.97 Å². The molecule has 20 heavy (non-hydrogen) atoms. The third-order valence-corrected chi connectivity index (χ3v) is 2.98. The smallest absolute Gasteiger partial charge is 0.320 e. The Hall–Kier alpha value is -2.21. The van der Waals surface area contributed by atoms with Crippen LogP contribution in [0, 0.1) is 17.0 Å². The normalized spacial score (nSPS) is 13.1. The van der Waals surface area contributed by atoms with Gasteiger partial charge in [-0.25, -0.2) is 0 Å². The fraction of sp³-hybridized carbons (Fsp3) is 0.357. The van der Waals surface area contributed by atoms with Crippen LogP contribution in [0.2, 0.25) is 0 Å². The van der Waals surface area contributed by atoms with Gasteiger partial charge in [-0.15, -0.1) is 0 Å². The van der Waals surface area contributed by atoms with Gasteiger partial charge in [0.25, 0.3) is 5.69 Å². The number of carbonyl (C=O) groups is 1. The summed E-state index contributed by atoms with van der Waals surface area (Å²) >= 11 is 0. The van der Waals surface area contributed by atoms with Crippen molar-refractivity contribution in [2.24, 2.45) is 5.73 Å². The van der Waals surface area contributed by atoms with Gasteiger partial charge in [-0.2, -0.15) is 0 Å². The summed E-state index contributed by atoms with van der Waals surface area (Å²) in [6.45, 7) is 3.65. The van der Waals surface area contributed by atoms with E-state index in [1.165, 1.54) is 6.07 Å². The zero-order valence-electron chi connectivity index (χ0n) is 11.5. The molecule has 0 aromatic heterocycles. The maximum atomic E-state index is 11.1. The van der Waals surface area contributed by atoms with Crippen LogP contribution in [0.15, 0.2) is 24.3 Å². The van der Waals surface area contributed by atoms with Crippen LogP contribution in [-0.4, -0.2) is 22.0 Å². The lowest BCUT2D eigenvalue weighted by atomic mass is 9.93. The third-order valence-electron chi connectivity index (χ3n) is 2.98. The molecule has 1 rings (SSSR count). The van der Waals surface area contributed by atoms with Crippen LogP contribution in [0.1, 0.15) is 30.9 Å². The van der Waals surface area contributed by atoms with Crippen molar-refractivity contribution < 1.29 is 14.8 Å². The van der Waals surface area contributed by atoms with E-state index in [0.717, 1.165) is 5.56 Å². The predicted molar refractivity (Wildman–Crippen MR) is 76.3 cm³/mol. The summed E-state index contributed by atoms with van der Waals surface area (Å²) in [5.41, 5.74) is 7.33. The molecule has 108 valence electrons. The lowest BCUT2D eigenvalue weighted by Crippen LogP contribution is -2.30. The average molecular weight is 278 g/mol. The molecular weight excluding hydrogens is 260 g/mol. The number of aryl methyl sites for hydroxylation is 1. The highest BCUT2D eigenvalue weighted by Crippen LogP contribution is 2.32. The first-order valence-corrected chi connectivity index (χ1v) is 6.30. The first kappa shape index (κ1) is 15.8. The van der Waals surface area contributed by atoms with Gasteiger partial charge in [0.2, 0.25) is 0 Å². The number of carboxylic acid groups (broad SMARTS) is 1. The highest BCUT2D eigenvalue weighted by Gasteiger charge is 2.22. The molecule has 1 atom stereocenters. The molecule has 0 spiro atoms. The molecule has 0 saturated carbocycles. The van der Waals surface area contributed by atoms with Gasteiger partial charge in [0.15, 0.2) is 0 Å². The molecule has 0 aliphatic heterocycles. The maximum Gasteiger partial charge on any atom is 0.320 e. The zero-order valence-corrected chi connectivity index (χ0v) is 11.5. The zero-order chi connectivity index (χ0) is 15.3. The second-order valence-electron chi connectivity index (χ2n) is 4.51. The first-order valence-electron chi connectivity index (χ1n) is 6.30. The van der Waals surface area contributed by atoms with Crippen molar-refractivity contribution >= 4 is 17.2 Å². The van der Waals surface area contributed by atoms with E-state index in [-0.39, 0.29) is 12.1 Å². The van der Waals surface area contributed by atoms with Gasteiger partial charge in [0.05, 0.1) is 10.5 Å². The number of nitro groups is 1. The van der Waals surface area contributed by atoms with Crippen molar-refractivity contribution in [3.8, 4) is 0 Å². The van der Waals surface area contributed by atoms with E-state index in [1.807, 2.05) is 6.92 Å². The topological polar surface area (TPSA) is 106 Å². The average Bonchev–Trinajstić information content (AvgIpc) is 2.37. The molecule has 0 unspecified atom stereocenters. The number of nitrogens with zero attached hydrogens (tertiary/aromatic N) is 1. The lowest BCUT2D eigenvalue weighted by molar-refractivity contribution is -0.385. The van der Waals surface area contributed by atoms with Gasteiger partial charge in [-0.1, -0.05) is 25.1 Å². The fourth-order valence-electron chi connectivity index (χ4n) is 2.08. The van der Waals surface area contributed by atoms with Crippen molar-refractivity contribution in [3.05, 3.63) is 45.5 Å². The molecule has 0 aliphatic carbocycles. The Kier molecular flexibility index (Phi) is 5.40. The van der Waals surface area contributed by atoms with Crippen LogP contribution < -0.4 is 5.73 Å². The molecule has 0 aliphatic rings. The predicted octanol–water partition coefficient (Wildman–Crippen LogP) is 2.50. The minimum atomic E-state index is -1.12. The maximum absolute atomic E-state index is 11.1. The Labute approximate surface area is 117 Å². The second-order valence-corrected chi connectivity index (χ2v) is 4.51. The number of carboxylic acids is 1. The highest BCUT2D eigenvalue weighted by molar-refractivity contribution is 5.81. The Morgan fingerprint density at radius 3 is 2.70 bits per heavy atom. The van der Waals surface area contributed by atoms with Crippen molar-refractivity contribution in [1.82, 2.24) is 0 Å². The molecule has 0 fully saturated rings. The Morgan fingerprint density at radius 1 is 1.55 bits per heavy atom. The molecule has 3 N–H and O–H groups in total. The standard InChI is InChI=1S/C14H18N2O4/c1-3-5-10(8-11(15)14(17)18)13-9(2)6-4-7-12(13)16(19)20/h4-7,11H,3,8,15H2,1-2H3,(H,17,18)/b10-5-/t11-/m0/s1.